The van der Waals surface area contributed by atoms with Crippen LogP contribution in [0.3, 0.4) is 0 Å². The van der Waals surface area contributed by atoms with E-state index in [1.54, 1.807) is 13.1 Å². The molecule has 0 radical (unpaired) electrons. The highest BCUT2D eigenvalue weighted by atomic mass is 79.9. The zero-order chi connectivity index (χ0) is 17.7. The predicted molar refractivity (Wildman–Crippen MR) is 90.3 cm³/mol. The number of phenols is 1. The molecule has 1 fully saturated rings. The van der Waals surface area contributed by atoms with E-state index in [0.717, 1.165) is 19.3 Å². The molecule has 0 bridgehead atoms. The van der Waals surface area contributed by atoms with Crippen molar-refractivity contribution >= 4 is 27.8 Å². The summed E-state index contributed by atoms with van der Waals surface area (Å²) in [5, 5.41) is 19.2. The number of benzene rings is 1. The van der Waals surface area contributed by atoms with Crippen molar-refractivity contribution in [1.29, 1.82) is 5.26 Å². The Balaban J connectivity index is 2.00. The summed E-state index contributed by atoms with van der Waals surface area (Å²) >= 11 is 3.21. The Kier molecular flexibility index (Phi) is 5.84. The van der Waals surface area contributed by atoms with Gasteiger partial charge < -0.3 is 14.7 Å². The number of nitrogens with zero attached hydrogens (tertiary/aromatic N) is 2. The summed E-state index contributed by atoms with van der Waals surface area (Å²) < 4.78 is 5.62. The molecule has 1 amide bonds. The molecule has 0 aliphatic heterocycles. The van der Waals surface area contributed by atoms with Gasteiger partial charge in [0, 0.05) is 11.5 Å². The van der Waals surface area contributed by atoms with Crippen LogP contribution in [0.15, 0.2) is 22.7 Å². The quantitative estimate of drug-likeness (QED) is 0.792. The number of rotatable bonds is 4. The van der Waals surface area contributed by atoms with Gasteiger partial charge in [-0.2, -0.15) is 5.26 Å². The number of likely N-dealkylation sites (N-methyl/N-ethyl adjacent to an activating group) is 1. The first-order valence-electron chi connectivity index (χ1n) is 7.73. The van der Waals surface area contributed by atoms with Crippen molar-refractivity contribution in [2.45, 2.75) is 37.6 Å². The summed E-state index contributed by atoms with van der Waals surface area (Å²) in [5.74, 6) is -1.43. The molecule has 1 aliphatic rings. The highest BCUT2D eigenvalue weighted by Gasteiger charge is 2.39. The molecule has 1 aromatic rings. The molecule has 7 heteroatoms. The van der Waals surface area contributed by atoms with E-state index in [9.17, 15) is 20.0 Å². The van der Waals surface area contributed by atoms with Gasteiger partial charge in [0.1, 0.15) is 16.9 Å². The molecule has 128 valence electrons. The molecular formula is C17H19BrN2O4. The Hall–Kier alpha value is -2.07. The third-order valence-corrected chi connectivity index (χ3v) is 4.90. The number of carbonyl (C=O) groups is 2. The Morgan fingerprint density at radius 1 is 1.38 bits per heavy atom. The second-order valence-corrected chi connectivity index (χ2v) is 6.81. The summed E-state index contributed by atoms with van der Waals surface area (Å²) in [7, 11) is 1.57. The van der Waals surface area contributed by atoms with E-state index in [-0.39, 0.29) is 11.3 Å². The van der Waals surface area contributed by atoms with Crippen molar-refractivity contribution in [3.8, 4) is 11.8 Å². The van der Waals surface area contributed by atoms with Crippen LogP contribution in [0.5, 0.6) is 5.75 Å². The highest BCUT2D eigenvalue weighted by Crippen LogP contribution is 2.32. The molecule has 1 saturated carbocycles. The van der Waals surface area contributed by atoms with E-state index in [0.29, 0.717) is 17.3 Å². The molecule has 6 nitrogen and oxygen atoms in total. The summed E-state index contributed by atoms with van der Waals surface area (Å²) in [6, 6.07) is 6.62. The van der Waals surface area contributed by atoms with Crippen LogP contribution in [-0.4, -0.2) is 41.1 Å². The molecule has 2 rings (SSSR count). The molecule has 1 aliphatic carbocycles. The van der Waals surface area contributed by atoms with E-state index >= 15 is 0 Å². The van der Waals surface area contributed by atoms with Crippen LogP contribution in [0.2, 0.25) is 0 Å². The van der Waals surface area contributed by atoms with Crippen LogP contribution in [0.4, 0.5) is 0 Å². The average molecular weight is 395 g/mol. The fourth-order valence-electron chi connectivity index (χ4n) is 2.87. The third-order valence-electron chi connectivity index (χ3n) is 4.41. The lowest BCUT2D eigenvalue weighted by atomic mass is 9.81. The largest absolute Gasteiger partial charge is 0.507 e. The standard InChI is InChI=1S/C17H19BrN2O4/c1-20(17(11-19)7-3-2-4-8-17)15(22)10-24-16(23)13-9-12(18)5-6-14(13)21/h5-6,9,21H,2-4,7-8,10H2,1H3. The smallest absolute Gasteiger partial charge is 0.342 e. The van der Waals surface area contributed by atoms with Gasteiger partial charge >= 0.3 is 5.97 Å². The topological polar surface area (TPSA) is 90.6 Å². The molecule has 0 aromatic heterocycles. The minimum absolute atomic E-state index is 0.0208. The number of ether oxygens (including phenoxy) is 1. The first kappa shape index (κ1) is 18.3. The summed E-state index contributed by atoms with van der Waals surface area (Å²) in [4.78, 5) is 25.7. The molecule has 0 saturated heterocycles. The van der Waals surface area contributed by atoms with E-state index in [1.807, 2.05) is 0 Å². The van der Waals surface area contributed by atoms with Crippen LogP contribution in [-0.2, 0) is 9.53 Å². The molecule has 0 unspecified atom stereocenters. The number of hydrogen-bond donors (Lipinski definition) is 1. The van der Waals surface area contributed by atoms with E-state index in [2.05, 4.69) is 22.0 Å². The molecule has 0 atom stereocenters. The lowest BCUT2D eigenvalue weighted by Crippen LogP contribution is -2.51. The molecule has 0 spiro atoms. The Bertz CT molecular complexity index is 678. The molecule has 1 aromatic carbocycles. The predicted octanol–water partition coefficient (Wildman–Crippen LogP) is 3.00. The van der Waals surface area contributed by atoms with Gasteiger partial charge in [0.2, 0.25) is 0 Å². The maximum absolute atomic E-state index is 12.3. The Labute approximate surface area is 149 Å². The number of carbonyl (C=O) groups excluding carboxylic acids is 2. The zero-order valence-corrected chi connectivity index (χ0v) is 15.0. The van der Waals surface area contributed by atoms with E-state index in [1.165, 1.54) is 17.0 Å². The number of hydrogen-bond acceptors (Lipinski definition) is 5. The lowest BCUT2D eigenvalue weighted by Gasteiger charge is -2.38. The molecular weight excluding hydrogens is 376 g/mol. The van der Waals surface area contributed by atoms with Crippen LogP contribution in [0.25, 0.3) is 0 Å². The van der Waals surface area contributed by atoms with Crippen molar-refractivity contribution in [2.75, 3.05) is 13.7 Å². The van der Waals surface area contributed by atoms with Crippen LogP contribution in [0, 0.1) is 11.3 Å². The number of halogens is 1. The molecule has 24 heavy (non-hydrogen) atoms. The maximum atomic E-state index is 12.3. The SMILES string of the molecule is CN(C(=O)COC(=O)c1cc(Br)ccc1O)C1(C#N)CCCCC1. The second-order valence-electron chi connectivity index (χ2n) is 5.89. The van der Waals surface area contributed by atoms with E-state index in [4.69, 9.17) is 4.74 Å². The normalized spacial score (nSPS) is 16.0. The van der Waals surface area contributed by atoms with Crippen molar-refractivity contribution < 1.29 is 19.4 Å². The van der Waals surface area contributed by atoms with Gasteiger partial charge in [-0.15, -0.1) is 0 Å². The fraction of sp³-hybridized carbons (Fsp3) is 0.471. The number of amides is 1. The van der Waals surface area contributed by atoms with Crippen LogP contribution >= 0.6 is 15.9 Å². The van der Waals surface area contributed by atoms with Gasteiger partial charge in [0.15, 0.2) is 6.61 Å². The van der Waals surface area contributed by atoms with Crippen molar-refractivity contribution in [3.63, 3.8) is 0 Å². The monoisotopic (exact) mass is 394 g/mol. The summed E-state index contributed by atoms with van der Waals surface area (Å²) in [6.45, 7) is -0.468. The number of aromatic hydroxyl groups is 1. The van der Waals surface area contributed by atoms with Crippen LogP contribution < -0.4 is 0 Å². The third kappa shape index (κ3) is 3.88. The van der Waals surface area contributed by atoms with Gasteiger partial charge in [0.05, 0.1) is 6.07 Å². The summed E-state index contributed by atoms with van der Waals surface area (Å²) in [5.41, 5.74) is -0.841. The first-order chi connectivity index (χ1) is 11.4. The fourth-order valence-corrected chi connectivity index (χ4v) is 3.23. The van der Waals surface area contributed by atoms with Gasteiger partial charge in [0.25, 0.3) is 5.91 Å². The lowest BCUT2D eigenvalue weighted by molar-refractivity contribution is -0.138. The van der Waals surface area contributed by atoms with Crippen molar-refractivity contribution in [1.82, 2.24) is 4.90 Å². The van der Waals surface area contributed by atoms with Gasteiger partial charge in [-0.3, -0.25) is 4.79 Å². The maximum Gasteiger partial charge on any atom is 0.342 e. The van der Waals surface area contributed by atoms with Crippen molar-refractivity contribution in [2.24, 2.45) is 0 Å². The van der Waals surface area contributed by atoms with Crippen molar-refractivity contribution in [3.05, 3.63) is 28.2 Å². The van der Waals surface area contributed by atoms with Gasteiger partial charge in [-0.1, -0.05) is 35.2 Å². The van der Waals surface area contributed by atoms with E-state index < -0.39 is 24.0 Å². The number of esters is 1. The Morgan fingerprint density at radius 2 is 2.04 bits per heavy atom. The van der Waals surface area contributed by atoms with Gasteiger partial charge in [-0.05, 0) is 31.0 Å². The van der Waals surface area contributed by atoms with Gasteiger partial charge in [-0.25, -0.2) is 4.79 Å². The minimum Gasteiger partial charge on any atom is -0.507 e. The number of nitriles is 1. The first-order valence-corrected chi connectivity index (χ1v) is 8.52. The van der Waals surface area contributed by atoms with Crippen LogP contribution in [0.1, 0.15) is 42.5 Å². The zero-order valence-electron chi connectivity index (χ0n) is 13.4. The minimum atomic E-state index is -0.820. The highest BCUT2D eigenvalue weighted by molar-refractivity contribution is 9.10. The average Bonchev–Trinajstić information content (AvgIpc) is 2.61. The number of phenolic OH excluding ortho intramolecular Hbond substituents is 1. The summed E-state index contributed by atoms with van der Waals surface area (Å²) in [6.07, 6.45) is 4.12. The molecule has 1 N–H and O–H groups in total. The second kappa shape index (κ2) is 7.67. The molecule has 0 heterocycles. The Morgan fingerprint density at radius 3 is 2.67 bits per heavy atom.